The molecule has 0 atom stereocenters. The molecule has 0 aliphatic rings. The Morgan fingerprint density at radius 2 is 1.79 bits per heavy atom. The van der Waals surface area contributed by atoms with E-state index in [1.54, 1.807) is 18.4 Å². The molecule has 0 saturated heterocycles. The van der Waals surface area contributed by atoms with Crippen LogP contribution in [0.5, 0.6) is 5.75 Å². The summed E-state index contributed by atoms with van der Waals surface area (Å²) in [5.74, 6) is 1.75. The van der Waals surface area contributed by atoms with Crippen LogP contribution in [0.1, 0.15) is 18.7 Å². The lowest BCUT2D eigenvalue weighted by molar-refractivity contribution is 0.415. The normalized spacial score (nSPS) is 11.0. The van der Waals surface area contributed by atoms with Crippen molar-refractivity contribution >= 4 is 39.0 Å². The van der Waals surface area contributed by atoms with Crippen molar-refractivity contribution in [2.75, 3.05) is 25.1 Å². The number of rotatable bonds is 5. The summed E-state index contributed by atoms with van der Waals surface area (Å²) < 4.78 is 5.27. The van der Waals surface area contributed by atoms with Gasteiger partial charge in [0.1, 0.15) is 16.4 Å². The van der Waals surface area contributed by atoms with Crippen LogP contribution in [0, 0.1) is 6.92 Å². The number of hydrogen-bond acceptors (Lipinski definition) is 5. The summed E-state index contributed by atoms with van der Waals surface area (Å²) in [5, 5.41) is 1.38. The van der Waals surface area contributed by atoms with Crippen LogP contribution >= 0.6 is 22.9 Å². The molecule has 0 saturated carbocycles. The minimum absolute atomic E-state index is 0.298. The molecule has 2 aromatic heterocycles. The van der Waals surface area contributed by atoms with Gasteiger partial charge in [-0.2, -0.15) is 4.98 Å². The lowest BCUT2D eigenvalue weighted by Crippen LogP contribution is -2.23. The van der Waals surface area contributed by atoms with Crippen molar-refractivity contribution in [3.63, 3.8) is 0 Å². The molecule has 0 fully saturated rings. The molecule has 2 heterocycles. The monoisotopic (exact) mass is 361 g/mol. The first-order valence-electron chi connectivity index (χ1n) is 7.95. The number of benzene rings is 1. The van der Waals surface area contributed by atoms with Crippen molar-refractivity contribution in [2.45, 2.75) is 20.8 Å². The fraction of sp³-hybridized carbons (Fsp3) is 0.333. The minimum atomic E-state index is 0.298. The Hall–Kier alpha value is -1.85. The van der Waals surface area contributed by atoms with Gasteiger partial charge >= 0.3 is 0 Å². The summed E-state index contributed by atoms with van der Waals surface area (Å²) in [5.41, 5.74) is 2.31. The molecule has 0 radical (unpaired) electrons. The first-order chi connectivity index (χ1) is 11.6. The standard InChI is InChI=1S/C18H20ClN3OS/c1-5-22(6-2)16-15-14(12-7-9-13(23-4)10-8-12)11(3)24-17(15)21-18(19)20-16/h7-10H,5-6H2,1-4H3. The van der Waals surface area contributed by atoms with E-state index in [2.05, 4.69) is 47.8 Å². The molecule has 4 nitrogen and oxygen atoms in total. The van der Waals surface area contributed by atoms with E-state index in [9.17, 15) is 0 Å². The molecule has 3 rings (SSSR count). The van der Waals surface area contributed by atoms with Crippen molar-refractivity contribution in [1.29, 1.82) is 0 Å². The van der Waals surface area contributed by atoms with Gasteiger partial charge in [0.05, 0.1) is 12.5 Å². The number of hydrogen-bond donors (Lipinski definition) is 0. The van der Waals surface area contributed by atoms with Gasteiger partial charge in [-0.3, -0.25) is 0 Å². The van der Waals surface area contributed by atoms with Gasteiger partial charge in [-0.1, -0.05) is 12.1 Å². The summed E-state index contributed by atoms with van der Waals surface area (Å²) in [7, 11) is 1.68. The first kappa shape index (κ1) is 17.0. The number of thiophene rings is 1. The van der Waals surface area contributed by atoms with Crippen LogP contribution in [0.25, 0.3) is 21.3 Å². The van der Waals surface area contributed by atoms with E-state index in [1.165, 1.54) is 10.4 Å². The van der Waals surface area contributed by atoms with Crippen molar-refractivity contribution in [1.82, 2.24) is 9.97 Å². The molecule has 0 spiro atoms. The van der Waals surface area contributed by atoms with Gasteiger partial charge in [0.15, 0.2) is 0 Å². The van der Waals surface area contributed by atoms with Crippen LogP contribution in [0.2, 0.25) is 5.28 Å². The summed E-state index contributed by atoms with van der Waals surface area (Å²) >= 11 is 7.83. The number of nitrogens with zero attached hydrogens (tertiary/aromatic N) is 3. The van der Waals surface area contributed by atoms with Crippen LogP contribution in [-0.2, 0) is 0 Å². The van der Waals surface area contributed by atoms with Gasteiger partial charge in [0.2, 0.25) is 5.28 Å². The quantitative estimate of drug-likeness (QED) is 0.587. The molecule has 0 aliphatic heterocycles. The van der Waals surface area contributed by atoms with E-state index in [1.807, 2.05) is 12.1 Å². The number of ether oxygens (including phenoxy) is 1. The van der Waals surface area contributed by atoms with Crippen LogP contribution in [0.3, 0.4) is 0 Å². The second-order valence-corrected chi connectivity index (χ2v) is 6.97. The van der Waals surface area contributed by atoms with Crippen molar-refractivity contribution < 1.29 is 4.74 Å². The molecule has 1 aromatic carbocycles. The number of aromatic nitrogens is 2. The fourth-order valence-corrected chi connectivity index (χ4v) is 4.18. The number of methoxy groups -OCH3 is 1. The molecule has 3 aromatic rings. The van der Waals surface area contributed by atoms with Gasteiger partial charge in [-0.25, -0.2) is 4.98 Å². The smallest absolute Gasteiger partial charge is 0.225 e. The summed E-state index contributed by atoms with van der Waals surface area (Å²) in [6.45, 7) is 8.10. The molecule has 126 valence electrons. The largest absolute Gasteiger partial charge is 0.497 e. The zero-order valence-electron chi connectivity index (χ0n) is 14.3. The van der Waals surface area contributed by atoms with E-state index < -0.39 is 0 Å². The second kappa shape index (κ2) is 6.95. The van der Waals surface area contributed by atoms with E-state index >= 15 is 0 Å². The van der Waals surface area contributed by atoms with Gasteiger partial charge in [0, 0.05) is 23.5 Å². The number of fused-ring (bicyclic) bond motifs is 1. The topological polar surface area (TPSA) is 38.2 Å². The highest BCUT2D eigenvalue weighted by molar-refractivity contribution is 7.19. The summed E-state index contributed by atoms with van der Waals surface area (Å²) in [6, 6.07) is 8.11. The molecule has 0 amide bonds. The van der Waals surface area contributed by atoms with Crippen molar-refractivity contribution in [3.8, 4) is 16.9 Å². The average Bonchev–Trinajstić information content (AvgIpc) is 2.91. The highest BCUT2D eigenvalue weighted by atomic mass is 35.5. The number of anilines is 1. The SMILES string of the molecule is CCN(CC)c1nc(Cl)nc2sc(C)c(-c3ccc(OC)cc3)c12. The molecule has 0 aliphatic carbocycles. The Kier molecular flexibility index (Phi) is 4.92. The Labute approximate surface area is 151 Å². The Balaban J connectivity index is 2.28. The summed E-state index contributed by atoms with van der Waals surface area (Å²) in [6.07, 6.45) is 0. The predicted molar refractivity (Wildman–Crippen MR) is 103 cm³/mol. The lowest BCUT2D eigenvalue weighted by atomic mass is 10.0. The van der Waals surface area contributed by atoms with E-state index in [-0.39, 0.29) is 0 Å². The molecule has 6 heteroatoms. The van der Waals surface area contributed by atoms with E-state index in [0.29, 0.717) is 5.28 Å². The maximum Gasteiger partial charge on any atom is 0.225 e. The highest BCUT2D eigenvalue weighted by Crippen LogP contribution is 2.42. The Morgan fingerprint density at radius 3 is 2.38 bits per heavy atom. The average molecular weight is 362 g/mol. The van der Waals surface area contributed by atoms with Crippen LogP contribution in [0.15, 0.2) is 24.3 Å². The van der Waals surface area contributed by atoms with Crippen LogP contribution in [0.4, 0.5) is 5.82 Å². The minimum Gasteiger partial charge on any atom is -0.497 e. The number of aryl methyl sites for hydroxylation is 1. The van der Waals surface area contributed by atoms with E-state index in [0.717, 1.165) is 40.4 Å². The van der Waals surface area contributed by atoms with Crippen molar-refractivity contribution in [3.05, 3.63) is 34.4 Å². The Bertz CT molecular complexity index is 857. The molecule has 24 heavy (non-hydrogen) atoms. The maximum atomic E-state index is 6.17. The van der Waals surface area contributed by atoms with E-state index in [4.69, 9.17) is 16.3 Å². The van der Waals surface area contributed by atoms with Gasteiger partial charge < -0.3 is 9.64 Å². The van der Waals surface area contributed by atoms with Gasteiger partial charge in [0.25, 0.3) is 0 Å². The van der Waals surface area contributed by atoms with Gasteiger partial charge in [-0.15, -0.1) is 11.3 Å². The maximum absolute atomic E-state index is 6.17. The third-order valence-corrected chi connectivity index (χ3v) is 5.29. The molecule has 0 unspecified atom stereocenters. The fourth-order valence-electron chi connectivity index (χ4n) is 2.93. The Morgan fingerprint density at radius 1 is 1.12 bits per heavy atom. The first-order valence-corrected chi connectivity index (χ1v) is 9.14. The predicted octanol–water partition coefficient (Wildman–Crippen LogP) is 5.17. The van der Waals surface area contributed by atoms with Crippen LogP contribution < -0.4 is 9.64 Å². The van der Waals surface area contributed by atoms with Gasteiger partial charge in [-0.05, 0) is 50.1 Å². The van der Waals surface area contributed by atoms with Crippen LogP contribution in [-0.4, -0.2) is 30.2 Å². The molecule has 0 N–H and O–H groups in total. The third kappa shape index (κ3) is 2.94. The zero-order valence-corrected chi connectivity index (χ0v) is 15.8. The summed E-state index contributed by atoms with van der Waals surface area (Å²) in [4.78, 5) is 13.3. The second-order valence-electron chi connectivity index (χ2n) is 5.43. The molecule has 0 bridgehead atoms. The lowest BCUT2D eigenvalue weighted by Gasteiger charge is -2.21. The number of halogens is 1. The zero-order chi connectivity index (χ0) is 17.3. The van der Waals surface area contributed by atoms with Crippen molar-refractivity contribution in [2.24, 2.45) is 0 Å². The highest BCUT2D eigenvalue weighted by Gasteiger charge is 2.20. The third-order valence-electron chi connectivity index (χ3n) is 4.12. The molecular weight excluding hydrogens is 342 g/mol. The molecular formula is C18H20ClN3OS.